The summed E-state index contributed by atoms with van der Waals surface area (Å²) in [6.07, 6.45) is 7.02. The van der Waals surface area contributed by atoms with Crippen LogP contribution < -0.4 is 16.2 Å². The molecule has 0 fully saturated rings. The van der Waals surface area contributed by atoms with Crippen molar-refractivity contribution in [2.45, 2.75) is 13.5 Å². The van der Waals surface area contributed by atoms with Crippen molar-refractivity contribution in [1.29, 1.82) is 0 Å². The smallest absolute Gasteiger partial charge is 0.280 e. The molecule has 3 aromatic heterocycles. The summed E-state index contributed by atoms with van der Waals surface area (Å²) in [5, 5.41) is 6.65. The molecule has 0 radical (unpaired) electrons. The number of carbonyl (C=O) groups is 1. The van der Waals surface area contributed by atoms with Crippen molar-refractivity contribution in [2.24, 2.45) is 7.05 Å². The van der Waals surface area contributed by atoms with Crippen LogP contribution in [0.2, 0.25) is 0 Å². The van der Waals surface area contributed by atoms with Gasteiger partial charge in [-0.2, -0.15) is 0 Å². The number of fused-ring (bicyclic) bond motifs is 1. The van der Waals surface area contributed by atoms with Gasteiger partial charge in [0.1, 0.15) is 11.4 Å². The number of carbonyl (C=O) groups excluding carboxylic acids is 1. The Morgan fingerprint density at radius 3 is 2.67 bits per heavy atom. The average Bonchev–Trinajstić information content (AvgIpc) is 3.16. The predicted molar refractivity (Wildman–Crippen MR) is 148 cm³/mol. The molecule has 0 atom stereocenters. The number of rotatable bonds is 8. The molecule has 0 bridgehead atoms. The van der Waals surface area contributed by atoms with E-state index in [1.807, 2.05) is 42.5 Å². The number of nitrogens with one attached hydrogen (secondary N) is 2. The quantitative estimate of drug-likeness (QED) is 0.303. The molecule has 11 heteroatoms. The van der Waals surface area contributed by atoms with Gasteiger partial charge in [-0.1, -0.05) is 30.4 Å². The van der Waals surface area contributed by atoms with Gasteiger partial charge in [0.2, 0.25) is 5.95 Å². The van der Waals surface area contributed by atoms with Crippen molar-refractivity contribution in [2.75, 3.05) is 11.9 Å². The molecule has 0 spiro atoms. The second kappa shape index (κ2) is 11.3. The minimum absolute atomic E-state index is 0.00328. The second-order valence-electron chi connectivity index (χ2n) is 9.06. The topological polar surface area (TPSA) is 107 Å². The van der Waals surface area contributed by atoms with E-state index in [1.54, 1.807) is 32.4 Å². The number of halogens is 2. The first-order valence-electron chi connectivity index (χ1n) is 12.4. The zero-order chi connectivity index (χ0) is 28.2. The number of amides is 1. The minimum atomic E-state index is -0.998. The van der Waals surface area contributed by atoms with Gasteiger partial charge in [0, 0.05) is 37.1 Å². The molecular formula is C29H25F2N7O2. The third kappa shape index (κ3) is 5.63. The Morgan fingerprint density at radius 2 is 1.90 bits per heavy atom. The summed E-state index contributed by atoms with van der Waals surface area (Å²) < 4.78 is 29.7. The van der Waals surface area contributed by atoms with Gasteiger partial charge >= 0.3 is 0 Å². The maximum Gasteiger partial charge on any atom is 0.280 e. The van der Waals surface area contributed by atoms with E-state index in [2.05, 4.69) is 25.6 Å². The van der Waals surface area contributed by atoms with Gasteiger partial charge in [-0.3, -0.25) is 14.3 Å². The van der Waals surface area contributed by atoms with E-state index in [0.29, 0.717) is 23.0 Å². The number of aromatic nitrogens is 5. The minimum Gasteiger partial charge on any atom is -0.348 e. The van der Waals surface area contributed by atoms with E-state index < -0.39 is 23.1 Å². The number of hydrogen-bond acceptors (Lipinski definition) is 6. The van der Waals surface area contributed by atoms with Crippen LogP contribution in [0.25, 0.3) is 17.0 Å². The molecule has 9 nitrogen and oxygen atoms in total. The van der Waals surface area contributed by atoms with E-state index in [0.717, 1.165) is 28.6 Å². The highest BCUT2D eigenvalue weighted by Gasteiger charge is 2.21. The zero-order valence-corrected chi connectivity index (χ0v) is 21.7. The number of pyridine rings is 1. The van der Waals surface area contributed by atoms with Gasteiger partial charge in [0.15, 0.2) is 11.6 Å². The number of hydrogen-bond donors (Lipinski definition) is 2. The Labute approximate surface area is 227 Å². The normalized spacial score (nSPS) is 11.3. The van der Waals surface area contributed by atoms with Gasteiger partial charge < -0.3 is 10.6 Å². The molecule has 0 aliphatic heterocycles. The molecule has 0 saturated heterocycles. The third-order valence-electron chi connectivity index (χ3n) is 6.40. The predicted octanol–water partition coefficient (Wildman–Crippen LogP) is 4.35. The maximum absolute atomic E-state index is 13.6. The Balaban J connectivity index is 1.23. The van der Waals surface area contributed by atoms with E-state index in [4.69, 9.17) is 0 Å². The van der Waals surface area contributed by atoms with Gasteiger partial charge in [-0.05, 0) is 54.4 Å². The summed E-state index contributed by atoms with van der Waals surface area (Å²) in [6, 6.07) is 14.7. The highest BCUT2D eigenvalue weighted by atomic mass is 19.2. The van der Waals surface area contributed by atoms with Crippen LogP contribution in [0.1, 0.15) is 27.2 Å². The zero-order valence-electron chi connectivity index (χ0n) is 21.7. The van der Waals surface area contributed by atoms with Crippen molar-refractivity contribution in [1.82, 2.24) is 29.6 Å². The molecular weight excluding hydrogens is 516 g/mol. The van der Waals surface area contributed by atoms with E-state index >= 15 is 0 Å². The second-order valence-corrected chi connectivity index (χ2v) is 9.06. The SMILES string of the molecule is Cc1c(C(=O)NCC=Cc2ccc3nc(Nc4ccccn4)ncc3c2)c(=O)n(Cc2ccc(F)c(F)c2)n1C. The Kier molecular flexibility index (Phi) is 7.45. The fourth-order valence-corrected chi connectivity index (χ4v) is 4.22. The third-order valence-corrected chi connectivity index (χ3v) is 6.40. The number of nitrogens with zero attached hydrogens (tertiary/aromatic N) is 5. The lowest BCUT2D eigenvalue weighted by atomic mass is 10.1. The van der Waals surface area contributed by atoms with E-state index in [9.17, 15) is 18.4 Å². The van der Waals surface area contributed by atoms with Crippen LogP contribution in [0.3, 0.4) is 0 Å². The molecule has 5 aromatic rings. The monoisotopic (exact) mass is 541 g/mol. The fraction of sp³-hybridized carbons (Fsp3) is 0.138. The Morgan fingerprint density at radius 1 is 1.05 bits per heavy atom. The van der Waals surface area contributed by atoms with Gasteiger partial charge in [-0.25, -0.2) is 28.4 Å². The molecule has 40 heavy (non-hydrogen) atoms. The Hall–Kier alpha value is -5.19. The summed E-state index contributed by atoms with van der Waals surface area (Å²) in [6.45, 7) is 1.84. The summed E-state index contributed by atoms with van der Waals surface area (Å²) in [5.41, 5.74) is 1.99. The molecule has 0 unspecified atom stereocenters. The van der Waals surface area contributed by atoms with Crippen molar-refractivity contribution < 1.29 is 13.6 Å². The summed E-state index contributed by atoms with van der Waals surface area (Å²) in [4.78, 5) is 38.9. The van der Waals surface area contributed by atoms with Crippen LogP contribution in [0.5, 0.6) is 0 Å². The summed E-state index contributed by atoms with van der Waals surface area (Å²) in [7, 11) is 1.63. The van der Waals surface area contributed by atoms with E-state index in [1.165, 1.54) is 15.4 Å². The van der Waals surface area contributed by atoms with Crippen molar-refractivity contribution in [3.05, 3.63) is 117 Å². The number of benzene rings is 2. The highest BCUT2D eigenvalue weighted by Crippen LogP contribution is 2.18. The van der Waals surface area contributed by atoms with Crippen LogP contribution in [0.15, 0.2) is 77.9 Å². The molecule has 0 aliphatic rings. The van der Waals surface area contributed by atoms with Crippen LogP contribution in [-0.4, -0.2) is 36.8 Å². The molecule has 0 aliphatic carbocycles. The van der Waals surface area contributed by atoms with Crippen LogP contribution in [0.4, 0.5) is 20.5 Å². The molecule has 1 amide bonds. The van der Waals surface area contributed by atoms with Gasteiger partial charge in [0.25, 0.3) is 11.5 Å². The van der Waals surface area contributed by atoms with Crippen molar-refractivity contribution in [3.8, 4) is 0 Å². The lowest BCUT2D eigenvalue weighted by Gasteiger charge is -2.08. The van der Waals surface area contributed by atoms with Gasteiger partial charge in [-0.15, -0.1) is 0 Å². The lowest BCUT2D eigenvalue weighted by molar-refractivity contribution is 0.0956. The highest BCUT2D eigenvalue weighted by molar-refractivity contribution is 5.95. The van der Waals surface area contributed by atoms with E-state index in [-0.39, 0.29) is 18.7 Å². The first-order chi connectivity index (χ1) is 19.3. The average molecular weight is 542 g/mol. The molecule has 0 saturated carbocycles. The largest absolute Gasteiger partial charge is 0.348 e. The van der Waals surface area contributed by atoms with Crippen LogP contribution in [-0.2, 0) is 13.6 Å². The molecule has 5 rings (SSSR count). The van der Waals surface area contributed by atoms with Crippen LogP contribution >= 0.6 is 0 Å². The van der Waals surface area contributed by atoms with Crippen molar-refractivity contribution >= 4 is 34.7 Å². The Bertz CT molecular complexity index is 1800. The first kappa shape index (κ1) is 26.4. The first-order valence-corrected chi connectivity index (χ1v) is 12.4. The molecule has 3 heterocycles. The standard InChI is InChI=1S/C29H25F2N7O2/c1-18-26(28(40)38(37(18)2)17-20-8-10-22(30)23(31)15-20)27(39)33-13-5-6-19-9-11-24-21(14-19)16-34-29(35-24)36-25-7-3-4-12-32-25/h3-12,14-16H,13,17H2,1-2H3,(H,33,39)(H,32,34,35,36). The summed E-state index contributed by atoms with van der Waals surface area (Å²) in [5.74, 6) is -1.39. The van der Waals surface area contributed by atoms with Crippen LogP contribution in [0, 0.1) is 18.6 Å². The molecule has 2 aromatic carbocycles. The lowest BCUT2D eigenvalue weighted by Crippen LogP contribution is -2.31. The number of anilines is 2. The van der Waals surface area contributed by atoms with Crippen molar-refractivity contribution in [3.63, 3.8) is 0 Å². The van der Waals surface area contributed by atoms with Gasteiger partial charge in [0.05, 0.1) is 12.1 Å². The molecule has 202 valence electrons. The fourth-order valence-electron chi connectivity index (χ4n) is 4.22. The maximum atomic E-state index is 13.6. The molecule has 2 N–H and O–H groups in total. The summed E-state index contributed by atoms with van der Waals surface area (Å²) >= 11 is 0.